The molecule has 150 valence electrons. The van der Waals surface area contributed by atoms with Crippen molar-refractivity contribution in [2.45, 2.75) is 33.4 Å². The van der Waals surface area contributed by atoms with Gasteiger partial charge >= 0.3 is 17.7 Å². The van der Waals surface area contributed by atoms with E-state index in [0.717, 1.165) is 11.1 Å². The molecule has 0 saturated carbocycles. The van der Waals surface area contributed by atoms with Crippen LogP contribution in [0.4, 0.5) is 4.79 Å². The van der Waals surface area contributed by atoms with E-state index in [-0.39, 0.29) is 12.4 Å². The maximum Gasteiger partial charge on any atom is 0.408 e. The monoisotopic (exact) mass is 395 g/mol. The van der Waals surface area contributed by atoms with Gasteiger partial charge in [-0.1, -0.05) is 30.3 Å². The number of aryl methyl sites for hydroxylation is 2. The van der Waals surface area contributed by atoms with Crippen molar-refractivity contribution in [3.8, 4) is 5.75 Å². The summed E-state index contributed by atoms with van der Waals surface area (Å²) in [6.45, 7) is 5.11. The molecule has 0 aliphatic heterocycles. The van der Waals surface area contributed by atoms with Crippen molar-refractivity contribution >= 4 is 23.0 Å². The molecule has 0 aliphatic rings. The molecular weight excluding hydrogens is 374 g/mol. The number of esters is 1. The van der Waals surface area contributed by atoms with Crippen LogP contribution in [0.1, 0.15) is 23.6 Å². The Labute approximate surface area is 167 Å². The van der Waals surface area contributed by atoms with E-state index in [4.69, 9.17) is 13.9 Å². The van der Waals surface area contributed by atoms with Crippen molar-refractivity contribution in [2.24, 2.45) is 0 Å². The van der Waals surface area contributed by atoms with E-state index in [1.165, 1.54) is 13.0 Å². The zero-order valence-electron chi connectivity index (χ0n) is 16.4. The molecule has 0 bridgehead atoms. The van der Waals surface area contributed by atoms with Gasteiger partial charge < -0.3 is 19.2 Å². The molecule has 0 fully saturated rings. The fourth-order valence-corrected chi connectivity index (χ4v) is 2.85. The molecular formula is C22H21NO6. The van der Waals surface area contributed by atoms with Gasteiger partial charge in [-0.3, -0.25) is 0 Å². The van der Waals surface area contributed by atoms with E-state index < -0.39 is 23.7 Å². The maximum absolute atomic E-state index is 12.5. The minimum absolute atomic E-state index is 0.0924. The van der Waals surface area contributed by atoms with Gasteiger partial charge in [0.15, 0.2) is 0 Å². The standard InChI is InChI=1S/C22H21NO6/c1-13-9-17-20(14(2)11-19(24)28-17)18(10-13)29-21(25)15(3)23-22(26)27-12-16-7-5-4-6-8-16/h4-11,15H,12H2,1-3H3,(H,23,26)/t15-/m0/s1. The highest BCUT2D eigenvalue weighted by Gasteiger charge is 2.21. The molecule has 0 saturated heterocycles. The first kappa shape index (κ1) is 20.1. The van der Waals surface area contributed by atoms with E-state index >= 15 is 0 Å². The molecule has 1 aromatic heterocycles. The van der Waals surface area contributed by atoms with Crippen molar-refractivity contribution in [2.75, 3.05) is 0 Å². The van der Waals surface area contributed by atoms with Gasteiger partial charge in [0, 0.05) is 6.07 Å². The van der Waals surface area contributed by atoms with E-state index in [2.05, 4.69) is 5.32 Å². The number of hydrogen-bond donors (Lipinski definition) is 1. The lowest BCUT2D eigenvalue weighted by Gasteiger charge is -2.15. The van der Waals surface area contributed by atoms with Crippen LogP contribution in [0.2, 0.25) is 0 Å². The molecule has 7 heteroatoms. The summed E-state index contributed by atoms with van der Waals surface area (Å²) in [6.07, 6.45) is -0.727. The Morgan fingerprint density at radius 2 is 1.83 bits per heavy atom. The summed E-state index contributed by atoms with van der Waals surface area (Å²) in [4.78, 5) is 36.0. The normalized spacial score (nSPS) is 11.7. The quantitative estimate of drug-likeness (QED) is 0.403. The molecule has 2 aromatic carbocycles. The number of amides is 1. The summed E-state index contributed by atoms with van der Waals surface area (Å²) in [5.74, 6) is -0.406. The lowest BCUT2D eigenvalue weighted by molar-refractivity contribution is -0.136. The molecule has 0 aliphatic carbocycles. The van der Waals surface area contributed by atoms with Gasteiger partial charge in [-0.2, -0.15) is 0 Å². The van der Waals surface area contributed by atoms with Crippen LogP contribution in [0.25, 0.3) is 11.0 Å². The van der Waals surface area contributed by atoms with Crippen LogP contribution in [0.15, 0.2) is 57.7 Å². The Morgan fingerprint density at radius 3 is 2.55 bits per heavy atom. The van der Waals surface area contributed by atoms with Crippen LogP contribution in [0.3, 0.4) is 0 Å². The summed E-state index contributed by atoms with van der Waals surface area (Å²) in [5.41, 5.74) is 2.08. The topological polar surface area (TPSA) is 94.8 Å². The summed E-state index contributed by atoms with van der Waals surface area (Å²) >= 11 is 0. The van der Waals surface area contributed by atoms with Crippen molar-refractivity contribution in [3.63, 3.8) is 0 Å². The molecule has 29 heavy (non-hydrogen) atoms. The third-order valence-electron chi connectivity index (χ3n) is 4.26. The van der Waals surface area contributed by atoms with Gasteiger partial charge in [0.25, 0.3) is 0 Å². The number of carbonyl (C=O) groups excluding carboxylic acids is 2. The second-order valence-corrected chi connectivity index (χ2v) is 6.73. The van der Waals surface area contributed by atoms with Crippen molar-refractivity contribution in [1.29, 1.82) is 0 Å². The van der Waals surface area contributed by atoms with Crippen molar-refractivity contribution in [3.05, 3.63) is 75.6 Å². The molecule has 1 atom stereocenters. The Balaban J connectivity index is 1.68. The van der Waals surface area contributed by atoms with Crippen LogP contribution >= 0.6 is 0 Å². The van der Waals surface area contributed by atoms with Gasteiger partial charge in [-0.25, -0.2) is 14.4 Å². The maximum atomic E-state index is 12.5. The Kier molecular flexibility index (Phi) is 5.97. The van der Waals surface area contributed by atoms with Gasteiger partial charge in [-0.05, 0) is 49.6 Å². The zero-order chi connectivity index (χ0) is 21.0. The van der Waals surface area contributed by atoms with Crippen LogP contribution in [0.5, 0.6) is 5.75 Å². The molecule has 3 rings (SSSR count). The average Bonchev–Trinajstić information content (AvgIpc) is 2.66. The fourth-order valence-electron chi connectivity index (χ4n) is 2.85. The molecule has 0 radical (unpaired) electrons. The first-order valence-electron chi connectivity index (χ1n) is 9.07. The SMILES string of the molecule is Cc1cc(OC(=O)[C@H](C)NC(=O)OCc2ccccc2)c2c(C)cc(=O)oc2c1. The largest absolute Gasteiger partial charge is 0.445 e. The van der Waals surface area contributed by atoms with Crippen LogP contribution in [-0.4, -0.2) is 18.1 Å². The first-order chi connectivity index (χ1) is 13.8. The van der Waals surface area contributed by atoms with Crippen LogP contribution < -0.4 is 15.7 Å². The van der Waals surface area contributed by atoms with Gasteiger partial charge in [0.1, 0.15) is 24.0 Å². The highest BCUT2D eigenvalue weighted by atomic mass is 16.6. The third kappa shape index (κ3) is 5.01. The number of hydrogen-bond acceptors (Lipinski definition) is 6. The minimum atomic E-state index is -0.940. The van der Waals surface area contributed by atoms with Crippen LogP contribution in [-0.2, 0) is 16.1 Å². The highest BCUT2D eigenvalue weighted by molar-refractivity contribution is 5.91. The van der Waals surface area contributed by atoms with E-state index in [1.807, 2.05) is 30.3 Å². The number of fused-ring (bicyclic) bond motifs is 1. The highest BCUT2D eigenvalue weighted by Crippen LogP contribution is 2.29. The van der Waals surface area contributed by atoms with Crippen LogP contribution in [0, 0.1) is 13.8 Å². The molecule has 0 spiro atoms. The predicted molar refractivity (Wildman–Crippen MR) is 107 cm³/mol. The second kappa shape index (κ2) is 8.60. The lowest BCUT2D eigenvalue weighted by Crippen LogP contribution is -2.41. The second-order valence-electron chi connectivity index (χ2n) is 6.73. The summed E-state index contributed by atoms with van der Waals surface area (Å²) in [7, 11) is 0. The Morgan fingerprint density at radius 1 is 1.10 bits per heavy atom. The van der Waals surface area contributed by atoms with Gasteiger partial charge in [0.05, 0.1) is 5.39 Å². The summed E-state index contributed by atoms with van der Waals surface area (Å²) < 4.78 is 15.8. The fraction of sp³-hybridized carbons (Fsp3) is 0.227. The lowest BCUT2D eigenvalue weighted by atomic mass is 10.1. The molecule has 1 amide bonds. The molecule has 1 N–H and O–H groups in total. The summed E-state index contributed by atoms with van der Waals surface area (Å²) in [6, 6.07) is 13.0. The van der Waals surface area contributed by atoms with Gasteiger partial charge in [0.2, 0.25) is 0 Å². The Bertz CT molecular complexity index is 1100. The predicted octanol–water partition coefficient (Wildman–Crippen LogP) is 3.63. The van der Waals surface area contributed by atoms with E-state index in [9.17, 15) is 14.4 Å². The molecule has 3 aromatic rings. The smallest absolute Gasteiger partial charge is 0.408 e. The summed E-state index contributed by atoms with van der Waals surface area (Å²) in [5, 5.41) is 2.98. The number of nitrogens with one attached hydrogen (secondary N) is 1. The number of benzene rings is 2. The number of alkyl carbamates (subject to hydrolysis) is 1. The average molecular weight is 395 g/mol. The number of carbonyl (C=O) groups is 2. The number of rotatable bonds is 5. The third-order valence-corrected chi connectivity index (χ3v) is 4.26. The molecule has 7 nitrogen and oxygen atoms in total. The molecule has 0 unspecified atom stereocenters. The van der Waals surface area contributed by atoms with E-state index in [1.54, 1.807) is 26.0 Å². The minimum Gasteiger partial charge on any atom is -0.445 e. The van der Waals surface area contributed by atoms with E-state index in [0.29, 0.717) is 16.5 Å². The van der Waals surface area contributed by atoms with Crippen molar-refractivity contribution < 1.29 is 23.5 Å². The Hall–Kier alpha value is -3.61. The van der Waals surface area contributed by atoms with Gasteiger partial charge in [-0.15, -0.1) is 0 Å². The number of ether oxygens (including phenoxy) is 2. The van der Waals surface area contributed by atoms with Crippen molar-refractivity contribution in [1.82, 2.24) is 5.32 Å². The first-order valence-corrected chi connectivity index (χ1v) is 9.07. The zero-order valence-corrected chi connectivity index (χ0v) is 16.4. The molecule has 1 heterocycles.